The van der Waals surface area contributed by atoms with Gasteiger partial charge in [0.15, 0.2) is 0 Å². The molecule has 0 amide bonds. The summed E-state index contributed by atoms with van der Waals surface area (Å²) in [5.74, 6) is 0.153. The molecule has 14 heavy (non-hydrogen) atoms. The lowest BCUT2D eigenvalue weighted by Crippen LogP contribution is -1.95. The normalized spacial score (nSPS) is 10.4. The Balaban J connectivity index is 2.54. The molecule has 0 unspecified atom stereocenters. The highest BCUT2D eigenvalue weighted by atomic mass is 79.9. The third kappa shape index (κ3) is 1.65. The highest BCUT2D eigenvalue weighted by molar-refractivity contribution is 9.10. The molecule has 1 aromatic heterocycles. The van der Waals surface area contributed by atoms with Crippen LogP contribution < -0.4 is 0 Å². The van der Waals surface area contributed by atoms with Crippen molar-refractivity contribution in [1.29, 1.82) is 0 Å². The predicted molar refractivity (Wildman–Crippen MR) is 57.7 cm³/mol. The molecule has 0 atom stereocenters. The molecule has 0 aliphatic carbocycles. The maximum atomic E-state index is 9.56. The first kappa shape index (κ1) is 9.27. The zero-order valence-corrected chi connectivity index (χ0v) is 9.19. The number of aromatic nitrogens is 2. The van der Waals surface area contributed by atoms with Gasteiger partial charge in [-0.05, 0) is 25.1 Å². The standard InChI is InChI=1S/C10H9BrN2O/c1-7-5-10(14)13(12-7)9-4-2-3-8(11)6-9/h2-6,14H,1H3. The lowest BCUT2D eigenvalue weighted by molar-refractivity contribution is 0.433. The van der Waals surface area contributed by atoms with Gasteiger partial charge in [0.05, 0.1) is 11.4 Å². The Kier molecular flexibility index (Phi) is 2.29. The number of hydrogen-bond acceptors (Lipinski definition) is 2. The molecule has 4 heteroatoms. The van der Waals surface area contributed by atoms with Crippen LogP contribution in [0.5, 0.6) is 5.88 Å². The quantitative estimate of drug-likeness (QED) is 0.848. The molecule has 3 nitrogen and oxygen atoms in total. The fourth-order valence-corrected chi connectivity index (χ4v) is 1.67. The van der Waals surface area contributed by atoms with Crippen molar-refractivity contribution >= 4 is 15.9 Å². The molecule has 1 heterocycles. The minimum atomic E-state index is 0.153. The number of hydrogen-bond donors (Lipinski definition) is 1. The average Bonchev–Trinajstić information content (AvgIpc) is 2.45. The monoisotopic (exact) mass is 252 g/mol. The molecule has 72 valence electrons. The molecule has 0 fully saturated rings. The minimum Gasteiger partial charge on any atom is -0.493 e. The van der Waals surface area contributed by atoms with E-state index >= 15 is 0 Å². The van der Waals surface area contributed by atoms with Crippen molar-refractivity contribution in [3.8, 4) is 11.6 Å². The van der Waals surface area contributed by atoms with Crippen LogP contribution in [0.3, 0.4) is 0 Å². The fraction of sp³-hybridized carbons (Fsp3) is 0.100. The van der Waals surface area contributed by atoms with Gasteiger partial charge in [-0.25, -0.2) is 4.68 Å². The smallest absolute Gasteiger partial charge is 0.214 e. The number of aromatic hydroxyl groups is 1. The summed E-state index contributed by atoms with van der Waals surface area (Å²) >= 11 is 3.37. The molecular weight excluding hydrogens is 244 g/mol. The SMILES string of the molecule is Cc1cc(O)n(-c2cccc(Br)c2)n1. The Hall–Kier alpha value is -1.29. The van der Waals surface area contributed by atoms with Crippen LogP contribution in [0, 0.1) is 6.92 Å². The summed E-state index contributed by atoms with van der Waals surface area (Å²) in [7, 11) is 0. The van der Waals surface area contributed by atoms with E-state index in [0.29, 0.717) is 0 Å². The largest absolute Gasteiger partial charge is 0.493 e. The fourth-order valence-electron chi connectivity index (χ4n) is 1.28. The van der Waals surface area contributed by atoms with Gasteiger partial charge in [0.25, 0.3) is 0 Å². The molecular formula is C10H9BrN2O. The van der Waals surface area contributed by atoms with Crippen molar-refractivity contribution in [1.82, 2.24) is 9.78 Å². The zero-order chi connectivity index (χ0) is 10.1. The van der Waals surface area contributed by atoms with E-state index in [2.05, 4.69) is 21.0 Å². The zero-order valence-electron chi connectivity index (χ0n) is 7.61. The van der Waals surface area contributed by atoms with Gasteiger partial charge in [-0.2, -0.15) is 5.10 Å². The summed E-state index contributed by atoms with van der Waals surface area (Å²) in [6.45, 7) is 1.84. The second kappa shape index (κ2) is 3.46. The highest BCUT2D eigenvalue weighted by Gasteiger charge is 2.05. The molecule has 0 spiro atoms. The van der Waals surface area contributed by atoms with Crippen molar-refractivity contribution < 1.29 is 5.11 Å². The van der Waals surface area contributed by atoms with Crippen molar-refractivity contribution in [3.63, 3.8) is 0 Å². The molecule has 0 radical (unpaired) electrons. The van der Waals surface area contributed by atoms with E-state index in [0.717, 1.165) is 15.9 Å². The Labute approximate surface area is 90.1 Å². The second-order valence-electron chi connectivity index (χ2n) is 3.04. The number of aryl methyl sites for hydroxylation is 1. The maximum absolute atomic E-state index is 9.56. The first-order valence-electron chi connectivity index (χ1n) is 4.18. The number of halogens is 1. The second-order valence-corrected chi connectivity index (χ2v) is 3.95. The van der Waals surface area contributed by atoms with Gasteiger partial charge in [-0.1, -0.05) is 22.0 Å². The van der Waals surface area contributed by atoms with Crippen LogP contribution in [0.4, 0.5) is 0 Å². The van der Waals surface area contributed by atoms with Crippen molar-refractivity contribution in [2.45, 2.75) is 6.92 Å². The lowest BCUT2D eigenvalue weighted by atomic mass is 10.3. The average molecular weight is 253 g/mol. The Bertz CT molecular complexity index is 465. The molecule has 1 aromatic carbocycles. The molecule has 0 aliphatic rings. The molecule has 1 N–H and O–H groups in total. The molecule has 2 rings (SSSR count). The molecule has 0 bridgehead atoms. The number of nitrogens with zero attached hydrogens (tertiary/aromatic N) is 2. The predicted octanol–water partition coefficient (Wildman–Crippen LogP) is 2.65. The van der Waals surface area contributed by atoms with Gasteiger partial charge in [-0.15, -0.1) is 0 Å². The summed E-state index contributed by atoms with van der Waals surface area (Å²) in [6.07, 6.45) is 0. The van der Waals surface area contributed by atoms with Gasteiger partial charge >= 0.3 is 0 Å². The third-order valence-corrected chi connectivity index (χ3v) is 2.36. The Morgan fingerprint density at radius 3 is 2.71 bits per heavy atom. The van der Waals surface area contributed by atoms with Crippen LogP contribution in [0.1, 0.15) is 5.69 Å². The molecule has 0 saturated carbocycles. The van der Waals surface area contributed by atoms with Gasteiger partial charge in [0.2, 0.25) is 5.88 Å². The van der Waals surface area contributed by atoms with Crippen LogP contribution >= 0.6 is 15.9 Å². The molecule has 2 aromatic rings. The summed E-state index contributed by atoms with van der Waals surface area (Å²) < 4.78 is 2.46. The van der Waals surface area contributed by atoms with E-state index in [1.165, 1.54) is 4.68 Å². The third-order valence-electron chi connectivity index (χ3n) is 1.87. The van der Waals surface area contributed by atoms with Crippen LogP contribution in [0.15, 0.2) is 34.8 Å². The highest BCUT2D eigenvalue weighted by Crippen LogP contribution is 2.20. The van der Waals surface area contributed by atoms with Crippen molar-refractivity contribution in [2.24, 2.45) is 0 Å². The first-order valence-corrected chi connectivity index (χ1v) is 4.98. The van der Waals surface area contributed by atoms with Crippen molar-refractivity contribution in [3.05, 3.63) is 40.5 Å². The summed E-state index contributed by atoms with van der Waals surface area (Å²) in [5.41, 5.74) is 1.63. The topological polar surface area (TPSA) is 38.0 Å². The molecule has 0 aliphatic heterocycles. The van der Waals surface area contributed by atoms with Crippen LogP contribution in [0.25, 0.3) is 5.69 Å². The van der Waals surface area contributed by atoms with E-state index < -0.39 is 0 Å². The first-order chi connectivity index (χ1) is 6.66. The number of benzene rings is 1. The van der Waals surface area contributed by atoms with E-state index in [4.69, 9.17) is 0 Å². The molecule has 0 saturated heterocycles. The minimum absolute atomic E-state index is 0.153. The summed E-state index contributed by atoms with van der Waals surface area (Å²) in [5, 5.41) is 13.7. The number of rotatable bonds is 1. The van der Waals surface area contributed by atoms with Gasteiger partial charge in [0, 0.05) is 10.5 Å². The van der Waals surface area contributed by atoms with E-state index in [9.17, 15) is 5.11 Å². The van der Waals surface area contributed by atoms with Gasteiger partial charge in [0.1, 0.15) is 0 Å². The van der Waals surface area contributed by atoms with E-state index in [1.54, 1.807) is 6.07 Å². The summed E-state index contributed by atoms with van der Waals surface area (Å²) in [4.78, 5) is 0. The summed E-state index contributed by atoms with van der Waals surface area (Å²) in [6, 6.07) is 9.23. The van der Waals surface area contributed by atoms with Crippen LogP contribution in [0.2, 0.25) is 0 Å². The van der Waals surface area contributed by atoms with E-state index in [-0.39, 0.29) is 5.88 Å². The van der Waals surface area contributed by atoms with E-state index in [1.807, 2.05) is 31.2 Å². The van der Waals surface area contributed by atoms with Crippen LogP contribution in [-0.2, 0) is 0 Å². The lowest BCUT2D eigenvalue weighted by Gasteiger charge is -2.02. The van der Waals surface area contributed by atoms with Crippen molar-refractivity contribution in [2.75, 3.05) is 0 Å². The van der Waals surface area contributed by atoms with Gasteiger partial charge < -0.3 is 5.11 Å². The van der Waals surface area contributed by atoms with Crippen LogP contribution in [-0.4, -0.2) is 14.9 Å². The Morgan fingerprint density at radius 2 is 2.14 bits per heavy atom. The Morgan fingerprint density at radius 1 is 1.36 bits per heavy atom. The van der Waals surface area contributed by atoms with Gasteiger partial charge in [-0.3, -0.25) is 0 Å². The maximum Gasteiger partial charge on any atom is 0.214 e.